The maximum Gasteiger partial charge on any atom is 0.216 e. The third kappa shape index (κ3) is 3.44. The van der Waals surface area contributed by atoms with Crippen LogP contribution in [-0.4, -0.2) is 22.7 Å². The summed E-state index contributed by atoms with van der Waals surface area (Å²) in [5.74, 6) is 0.232. The first-order valence-electron chi connectivity index (χ1n) is 6.45. The summed E-state index contributed by atoms with van der Waals surface area (Å²) < 4.78 is 0. The molecule has 1 fully saturated rings. The highest BCUT2D eigenvalue weighted by Crippen LogP contribution is 2.34. The Labute approximate surface area is 97.2 Å². The number of aliphatic hydroxyl groups is 1. The van der Waals surface area contributed by atoms with Crippen molar-refractivity contribution in [1.82, 2.24) is 0 Å². The SMILES string of the molecule is CCCC[C@H](CO)C1CCCCC1[N+](=O)[O-]. The van der Waals surface area contributed by atoms with Gasteiger partial charge in [0.05, 0.1) is 0 Å². The van der Waals surface area contributed by atoms with E-state index in [0.29, 0.717) is 6.42 Å². The van der Waals surface area contributed by atoms with Gasteiger partial charge in [-0.15, -0.1) is 0 Å². The van der Waals surface area contributed by atoms with Gasteiger partial charge in [0.2, 0.25) is 6.04 Å². The standard InChI is InChI=1S/C12H23NO3/c1-2-3-6-10(9-14)11-7-4-5-8-12(11)13(15)16/h10-12,14H,2-9H2,1H3/t10-,11?,12?/m1/s1. The van der Waals surface area contributed by atoms with E-state index in [1.54, 1.807) is 0 Å². The Morgan fingerprint density at radius 1 is 1.44 bits per heavy atom. The third-order valence-electron chi connectivity index (χ3n) is 3.82. The highest BCUT2D eigenvalue weighted by Gasteiger charge is 2.38. The zero-order valence-electron chi connectivity index (χ0n) is 10.1. The Morgan fingerprint density at radius 2 is 2.12 bits per heavy atom. The van der Waals surface area contributed by atoms with Gasteiger partial charge < -0.3 is 5.11 Å². The van der Waals surface area contributed by atoms with Gasteiger partial charge in [-0.1, -0.05) is 26.2 Å². The molecule has 0 aromatic heterocycles. The molecule has 16 heavy (non-hydrogen) atoms. The average Bonchev–Trinajstić information content (AvgIpc) is 2.30. The molecule has 0 heterocycles. The minimum atomic E-state index is -0.414. The lowest BCUT2D eigenvalue weighted by atomic mass is 9.75. The predicted octanol–water partition coefficient (Wildman–Crippen LogP) is 2.62. The van der Waals surface area contributed by atoms with E-state index in [2.05, 4.69) is 6.92 Å². The van der Waals surface area contributed by atoms with Crippen molar-refractivity contribution in [3.8, 4) is 0 Å². The van der Waals surface area contributed by atoms with E-state index in [9.17, 15) is 15.2 Å². The van der Waals surface area contributed by atoms with E-state index in [-0.39, 0.29) is 23.4 Å². The number of unbranched alkanes of at least 4 members (excludes halogenated alkanes) is 1. The van der Waals surface area contributed by atoms with Gasteiger partial charge in [-0.05, 0) is 25.2 Å². The van der Waals surface area contributed by atoms with Gasteiger partial charge in [-0.2, -0.15) is 0 Å². The van der Waals surface area contributed by atoms with Crippen LogP contribution in [0.25, 0.3) is 0 Å². The van der Waals surface area contributed by atoms with Crippen LogP contribution in [0.3, 0.4) is 0 Å². The van der Waals surface area contributed by atoms with Gasteiger partial charge in [0, 0.05) is 23.9 Å². The summed E-state index contributed by atoms with van der Waals surface area (Å²) >= 11 is 0. The van der Waals surface area contributed by atoms with Crippen LogP contribution in [0.5, 0.6) is 0 Å². The van der Waals surface area contributed by atoms with E-state index in [1.807, 2.05) is 0 Å². The maximum atomic E-state index is 11.0. The monoisotopic (exact) mass is 229 g/mol. The lowest BCUT2D eigenvalue weighted by Gasteiger charge is -2.31. The van der Waals surface area contributed by atoms with Gasteiger partial charge in [-0.3, -0.25) is 10.1 Å². The minimum Gasteiger partial charge on any atom is -0.396 e. The smallest absolute Gasteiger partial charge is 0.216 e. The molecule has 0 spiro atoms. The molecule has 1 N–H and O–H groups in total. The van der Waals surface area contributed by atoms with E-state index < -0.39 is 6.04 Å². The fourth-order valence-corrected chi connectivity index (χ4v) is 2.86. The van der Waals surface area contributed by atoms with E-state index in [1.165, 1.54) is 0 Å². The quantitative estimate of drug-likeness (QED) is 0.562. The van der Waals surface area contributed by atoms with Crippen molar-refractivity contribution in [3.05, 3.63) is 10.1 Å². The van der Waals surface area contributed by atoms with Crippen molar-refractivity contribution in [2.45, 2.75) is 57.9 Å². The topological polar surface area (TPSA) is 63.4 Å². The normalized spacial score (nSPS) is 27.6. The lowest BCUT2D eigenvalue weighted by molar-refractivity contribution is -0.538. The molecule has 1 rings (SSSR count). The number of rotatable bonds is 6. The summed E-state index contributed by atoms with van der Waals surface area (Å²) in [5.41, 5.74) is 0. The molecular formula is C12H23NO3. The molecule has 0 saturated heterocycles. The van der Waals surface area contributed by atoms with Crippen LogP contribution < -0.4 is 0 Å². The van der Waals surface area contributed by atoms with Gasteiger partial charge in [0.15, 0.2) is 0 Å². The number of hydrogen-bond acceptors (Lipinski definition) is 3. The molecule has 0 radical (unpaired) electrons. The number of nitro groups is 1. The molecule has 94 valence electrons. The van der Waals surface area contributed by atoms with Crippen LogP contribution >= 0.6 is 0 Å². The first kappa shape index (κ1) is 13.4. The largest absolute Gasteiger partial charge is 0.396 e. The van der Waals surface area contributed by atoms with E-state index in [4.69, 9.17) is 0 Å². The fourth-order valence-electron chi connectivity index (χ4n) is 2.86. The molecule has 4 heteroatoms. The van der Waals surface area contributed by atoms with Crippen LogP contribution in [0.4, 0.5) is 0 Å². The second-order valence-corrected chi connectivity index (χ2v) is 4.89. The van der Waals surface area contributed by atoms with Gasteiger partial charge >= 0.3 is 0 Å². The molecule has 0 bridgehead atoms. The van der Waals surface area contributed by atoms with Crippen LogP contribution in [-0.2, 0) is 0 Å². The number of hydrogen-bond donors (Lipinski definition) is 1. The predicted molar refractivity (Wildman–Crippen MR) is 62.8 cm³/mol. The summed E-state index contributed by atoms with van der Waals surface area (Å²) in [4.78, 5) is 10.9. The summed E-state index contributed by atoms with van der Waals surface area (Å²) in [6, 6.07) is -0.414. The molecule has 0 amide bonds. The fraction of sp³-hybridized carbons (Fsp3) is 1.00. The van der Waals surface area contributed by atoms with Crippen molar-refractivity contribution < 1.29 is 10.0 Å². The Kier molecular flexibility index (Phi) is 5.74. The zero-order valence-corrected chi connectivity index (χ0v) is 10.1. The second kappa shape index (κ2) is 6.84. The lowest BCUT2D eigenvalue weighted by Crippen LogP contribution is -2.38. The van der Waals surface area contributed by atoms with Gasteiger partial charge in [0.1, 0.15) is 0 Å². The Hall–Kier alpha value is -0.640. The summed E-state index contributed by atoms with van der Waals surface area (Å²) in [6.07, 6.45) is 6.74. The molecule has 1 aliphatic carbocycles. The zero-order chi connectivity index (χ0) is 12.0. The van der Waals surface area contributed by atoms with Crippen molar-refractivity contribution in [3.63, 3.8) is 0 Å². The van der Waals surface area contributed by atoms with E-state index in [0.717, 1.165) is 38.5 Å². The minimum absolute atomic E-state index is 0.0975. The van der Waals surface area contributed by atoms with Crippen LogP contribution in [0.15, 0.2) is 0 Å². The number of aliphatic hydroxyl groups excluding tert-OH is 1. The molecule has 3 atom stereocenters. The first-order valence-corrected chi connectivity index (χ1v) is 6.45. The molecule has 0 aromatic carbocycles. The van der Waals surface area contributed by atoms with Gasteiger partial charge in [-0.25, -0.2) is 0 Å². The van der Waals surface area contributed by atoms with Crippen LogP contribution in [0, 0.1) is 22.0 Å². The maximum absolute atomic E-state index is 11.0. The third-order valence-corrected chi connectivity index (χ3v) is 3.82. The molecule has 0 aliphatic heterocycles. The molecule has 4 nitrogen and oxygen atoms in total. The highest BCUT2D eigenvalue weighted by molar-refractivity contribution is 4.80. The second-order valence-electron chi connectivity index (χ2n) is 4.89. The number of nitrogens with zero attached hydrogens (tertiary/aromatic N) is 1. The van der Waals surface area contributed by atoms with Crippen LogP contribution in [0.2, 0.25) is 0 Å². The Balaban J connectivity index is 2.60. The summed E-state index contributed by atoms with van der Waals surface area (Å²) in [5, 5.41) is 20.4. The Bertz CT molecular complexity index is 220. The van der Waals surface area contributed by atoms with Gasteiger partial charge in [0.25, 0.3) is 0 Å². The summed E-state index contributed by atoms with van der Waals surface area (Å²) in [7, 11) is 0. The van der Waals surface area contributed by atoms with Crippen LogP contribution in [0.1, 0.15) is 51.9 Å². The molecule has 1 saturated carbocycles. The first-order chi connectivity index (χ1) is 7.70. The van der Waals surface area contributed by atoms with Crippen molar-refractivity contribution in [2.75, 3.05) is 6.61 Å². The summed E-state index contributed by atoms with van der Waals surface area (Å²) in [6.45, 7) is 2.22. The Morgan fingerprint density at radius 3 is 2.69 bits per heavy atom. The highest BCUT2D eigenvalue weighted by atomic mass is 16.6. The molecular weight excluding hydrogens is 206 g/mol. The van der Waals surface area contributed by atoms with Crippen molar-refractivity contribution in [2.24, 2.45) is 11.8 Å². The molecule has 2 unspecified atom stereocenters. The van der Waals surface area contributed by atoms with E-state index >= 15 is 0 Å². The van der Waals surface area contributed by atoms with Crippen molar-refractivity contribution >= 4 is 0 Å². The van der Waals surface area contributed by atoms with Crippen molar-refractivity contribution in [1.29, 1.82) is 0 Å². The molecule has 0 aromatic rings. The molecule has 1 aliphatic rings. The average molecular weight is 229 g/mol.